The average molecular weight is 506 g/mol. The summed E-state index contributed by atoms with van der Waals surface area (Å²) in [4.78, 5) is 49.0. The van der Waals surface area contributed by atoms with Crippen molar-refractivity contribution in [2.45, 2.75) is 50.7 Å². The summed E-state index contributed by atoms with van der Waals surface area (Å²) in [6.07, 6.45) is -3.03. The number of nitrogens with zero attached hydrogens (tertiary/aromatic N) is 2. The molecule has 1 aromatic heterocycles. The molecular formula is C27H27N3O7. The molecule has 10 heteroatoms. The fraction of sp³-hybridized carbons (Fsp3) is 0.333. The second-order valence-electron chi connectivity index (χ2n) is 9.41. The number of nitrogens with one attached hydrogen (secondary N) is 1. The van der Waals surface area contributed by atoms with Gasteiger partial charge in [0.2, 0.25) is 0 Å². The van der Waals surface area contributed by atoms with E-state index in [9.17, 15) is 24.6 Å². The quantitative estimate of drug-likeness (QED) is 0.429. The number of Topliss-reactive ketones (excluding diaryl/α,β-unsaturated/α-hetero) is 2. The third-order valence-corrected chi connectivity index (χ3v) is 6.99. The standard InChI is InChI=1S/C27H27N3O7/c1-15-7-3-5-9-18(15)21(31)22(32)24-27(35,23(33)19-10-6-4-8-16(19)2)13-20(37-24)30-14-17-11-12-36-29-25(17)28-26(30)34/h3-10,14,20,22,24,32,35H,11-13H2,1-2H3,(H,28,29,34)/t20-,22?,24-,27-/m1/s1. The highest BCUT2D eigenvalue weighted by Crippen LogP contribution is 2.41. The Morgan fingerprint density at radius 2 is 1.76 bits per heavy atom. The van der Waals surface area contributed by atoms with Crippen molar-refractivity contribution in [1.29, 1.82) is 0 Å². The lowest BCUT2D eigenvalue weighted by Crippen LogP contribution is -2.54. The van der Waals surface area contributed by atoms with Gasteiger partial charge in [-0.25, -0.2) is 10.3 Å². The molecule has 1 saturated heterocycles. The molecule has 37 heavy (non-hydrogen) atoms. The van der Waals surface area contributed by atoms with Crippen molar-refractivity contribution in [3.63, 3.8) is 0 Å². The van der Waals surface area contributed by atoms with Crippen molar-refractivity contribution in [3.8, 4) is 0 Å². The molecule has 0 saturated carbocycles. The Bertz CT molecular complexity index is 1440. The molecule has 0 bridgehead atoms. The molecule has 3 N–H and O–H groups in total. The Morgan fingerprint density at radius 3 is 2.43 bits per heavy atom. The molecule has 5 rings (SSSR count). The summed E-state index contributed by atoms with van der Waals surface area (Å²) in [5.41, 5.74) is 1.99. The van der Waals surface area contributed by atoms with Crippen LogP contribution in [0.15, 0.2) is 59.5 Å². The number of fused-ring (bicyclic) bond motifs is 1. The minimum Gasteiger partial charge on any atom is -0.382 e. The Hall–Kier alpha value is -3.70. The number of hydrogen-bond donors (Lipinski definition) is 3. The molecular weight excluding hydrogens is 478 g/mol. The van der Waals surface area contributed by atoms with Gasteiger partial charge in [0.15, 0.2) is 23.0 Å². The molecule has 1 unspecified atom stereocenters. The van der Waals surface area contributed by atoms with Gasteiger partial charge in [0.25, 0.3) is 0 Å². The van der Waals surface area contributed by atoms with Crippen LogP contribution in [-0.4, -0.2) is 55.7 Å². The number of anilines is 1. The fourth-order valence-corrected chi connectivity index (χ4v) is 4.91. The van der Waals surface area contributed by atoms with Crippen LogP contribution in [-0.2, 0) is 16.0 Å². The van der Waals surface area contributed by atoms with Gasteiger partial charge in [0.1, 0.15) is 18.4 Å². The molecule has 2 aliphatic heterocycles. The number of hydrogen-bond acceptors (Lipinski definition) is 9. The van der Waals surface area contributed by atoms with Crippen LogP contribution in [0.3, 0.4) is 0 Å². The number of carbonyl (C=O) groups excluding carboxylic acids is 2. The number of aromatic nitrogens is 2. The van der Waals surface area contributed by atoms with Crippen LogP contribution in [0.4, 0.5) is 5.82 Å². The maximum atomic E-state index is 13.7. The first-order chi connectivity index (χ1) is 17.7. The van der Waals surface area contributed by atoms with Gasteiger partial charge in [-0.15, -0.1) is 0 Å². The monoisotopic (exact) mass is 505 g/mol. The molecule has 10 nitrogen and oxygen atoms in total. The maximum Gasteiger partial charge on any atom is 0.351 e. The van der Waals surface area contributed by atoms with Crippen molar-refractivity contribution in [2.24, 2.45) is 0 Å². The molecule has 0 amide bonds. The highest BCUT2D eigenvalue weighted by Gasteiger charge is 2.58. The Balaban J connectivity index is 1.57. The zero-order valence-electron chi connectivity index (χ0n) is 20.4. The number of aryl methyl sites for hydroxylation is 2. The number of aliphatic hydroxyl groups excluding tert-OH is 1. The number of aliphatic hydroxyl groups is 2. The van der Waals surface area contributed by atoms with E-state index in [0.29, 0.717) is 29.7 Å². The van der Waals surface area contributed by atoms with Crippen LogP contribution >= 0.6 is 0 Å². The number of carbonyl (C=O) groups is 2. The van der Waals surface area contributed by atoms with Crippen molar-refractivity contribution >= 4 is 17.4 Å². The predicted molar refractivity (Wildman–Crippen MR) is 132 cm³/mol. The summed E-state index contributed by atoms with van der Waals surface area (Å²) in [5, 5.41) is 23.0. The van der Waals surface area contributed by atoms with E-state index in [-0.39, 0.29) is 23.4 Å². The smallest absolute Gasteiger partial charge is 0.351 e. The first-order valence-corrected chi connectivity index (χ1v) is 12.0. The van der Waals surface area contributed by atoms with E-state index in [2.05, 4.69) is 10.5 Å². The zero-order chi connectivity index (χ0) is 26.3. The largest absolute Gasteiger partial charge is 0.382 e. The van der Waals surface area contributed by atoms with Gasteiger partial charge in [-0.05, 0) is 25.0 Å². The van der Waals surface area contributed by atoms with Gasteiger partial charge in [0, 0.05) is 35.7 Å². The van der Waals surface area contributed by atoms with Crippen LogP contribution < -0.4 is 11.2 Å². The third-order valence-electron chi connectivity index (χ3n) is 6.99. The van der Waals surface area contributed by atoms with Gasteiger partial charge in [0.05, 0.1) is 6.61 Å². The van der Waals surface area contributed by atoms with Gasteiger partial charge in [-0.3, -0.25) is 19.0 Å². The molecule has 3 heterocycles. The summed E-state index contributed by atoms with van der Waals surface area (Å²) in [6.45, 7) is 3.81. The molecule has 0 aliphatic carbocycles. The summed E-state index contributed by atoms with van der Waals surface area (Å²) < 4.78 is 7.16. The minimum absolute atomic E-state index is 0.229. The molecule has 1 fully saturated rings. The number of benzene rings is 2. The highest BCUT2D eigenvalue weighted by molar-refractivity contribution is 6.06. The van der Waals surface area contributed by atoms with E-state index in [1.54, 1.807) is 62.4 Å². The van der Waals surface area contributed by atoms with Gasteiger partial charge in [-0.1, -0.05) is 48.5 Å². The first-order valence-electron chi connectivity index (χ1n) is 12.0. The zero-order valence-corrected chi connectivity index (χ0v) is 20.4. The molecule has 4 atom stereocenters. The second kappa shape index (κ2) is 9.64. The van der Waals surface area contributed by atoms with E-state index >= 15 is 0 Å². The fourth-order valence-electron chi connectivity index (χ4n) is 4.91. The maximum absolute atomic E-state index is 13.7. The van der Waals surface area contributed by atoms with Crippen LogP contribution in [0.1, 0.15) is 50.1 Å². The van der Waals surface area contributed by atoms with E-state index in [4.69, 9.17) is 9.57 Å². The van der Waals surface area contributed by atoms with Crippen molar-refractivity contribution in [3.05, 3.63) is 93.0 Å². The first kappa shape index (κ1) is 25.0. The van der Waals surface area contributed by atoms with Gasteiger partial charge < -0.3 is 14.9 Å². The Kier molecular flexibility index (Phi) is 6.50. The predicted octanol–water partition coefficient (Wildman–Crippen LogP) is 1.91. The molecule has 0 spiro atoms. The lowest BCUT2D eigenvalue weighted by Gasteiger charge is -2.30. The lowest BCUT2D eigenvalue weighted by molar-refractivity contribution is -0.0916. The topological polar surface area (TPSA) is 140 Å². The van der Waals surface area contributed by atoms with Gasteiger partial charge >= 0.3 is 5.69 Å². The molecule has 2 aromatic carbocycles. The van der Waals surface area contributed by atoms with Crippen LogP contribution in [0.25, 0.3) is 0 Å². The van der Waals surface area contributed by atoms with E-state index in [0.717, 1.165) is 0 Å². The summed E-state index contributed by atoms with van der Waals surface area (Å²) in [6, 6.07) is 13.4. The molecule has 0 radical (unpaired) electrons. The Morgan fingerprint density at radius 1 is 1.11 bits per heavy atom. The van der Waals surface area contributed by atoms with E-state index in [1.807, 2.05) is 0 Å². The highest BCUT2D eigenvalue weighted by atomic mass is 16.6. The van der Waals surface area contributed by atoms with E-state index in [1.165, 1.54) is 10.8 Å². The average Bonchev–Trinajstić information content (AvgIpc) is 3.25. The second-order valence-corrected chi connectivity index (χ2v) is 9.41. The third kappa shape index (κ3) is 4.38. The number of ketones is 2. The normalized spacial score (nSPS) is 23.7. The van der Waals surface area contributed by atoms with Crippen molar-refractivity contribution in [1.82, 2.24) is 9.55 Å². The van der Waals surface area contributed by atoms with Crippen molar-refractivity contribution < 1.29 is 29.4 Å². The summed E-state index contributed by atoms with van der Waals surface area (Å²) in [5.74, 6) is -1.12. The minimum atomic E-state index is -2.30. The van der Waals surface area contributed by atoms with E-state index < -0.39 is 41.3 Å². The molecule has 192 valence electrons. The number of ether oxygens (including phenoxy) is 1. The van der Waals surface area contributed by atoms with Crippen LogP contribution in [0, 0.1) is 13.8 Å². The number of rotatable bonds is 6. The SMILES string of the molecule is Cc1ccccc1C(=O)C(O)[C@H]1O[C@@H](n2cc3c(nc2=O)NOCC3)C[C@@]1(O)C(=O)c1ccccc1C. The summed E-state index contributed by atoms with van der Waals surface area (Å²) >= 11 is 0. The van der Waals surface area contributed by atoms with Crippen LogP contribution in [0.2, 0.25) is 0 Å². The van der Waals surface area contributed by atoms with Crippen LogP contribution in [0.5, 0.6) is 0 Å². The Labute approximate surface area is 212 Å². The summed E-state index contributed by atoms with van der Waals surface area (Å²) in [7, 11) is 0. The molecule has 3 aromatic rings. The van der Waals surface area contributed by atoms with Gasteiger partial charge in [-0.2, -0.15) is 4.98 Å². The molecule has 2 aliphatic rings. The lowest BCUT2D eigenvalue weighted by atomic mass is 9.81. The van der Waals surface area contributed by atoms with Crippen molar-refractivity contribution in [2.75, 3.05) is 12.1 Å².